The summed E-state index contributed by atoms with van der Waals surface area (Å²) in [5.41, 5.74) is 1.83. The number of ether oxygens (including phenoxy) is 3. The first kappa shape index (κ1) is 23.8. The van der Waals surface area contributed by atoms with Crippen molar-refractivity contribution < 1.29 is 33.0 Å². The molecule has 11 nitrogen and oxygen atoms in total. The first-order valence-corrected chi connectivity index (χ1v) is 10.8. The summed E-state index contributed by atoms with van der Waals surface area (Å²) in [4.78, 5) is 42.5. The molecule has 2 N–H and O–H groups in total. The highest BCUT2D eigenvalue weighted by Crippen LogP contribution is 2.32. The molecule has 2 aromatic carbocycles. The van der Waals surface area contributed by atoms with Crippen LogP contribution >= 0.6 is 0 Å². The summed E-state index contributed by atoms with van der Waals surface area (Å²) >= 11 is 0. The van der Waals surface area contributed by atoms with Gasteiger partial charge in [0.25, 0.3) is 0 Å². The van der Waals surface area contributed by atoms with Gasteiger partial charge in [0.05, 0.1) is 32.1 Å². The molecule has 1 atom stereocenters. The number of amides is 3. The fourth-order valence-corrected chi connectivity index (χ4v) is 3.42. The maximum absolute atomic E-state index is 12.5. The number of anilines is 3. The molecule has 4 rings (SSSR count). The number of oxazole rings is 1. The number of rotatable bonds is 6. The summed E-state index contributed by atoms with van der Waals surface area (Å²) < 4.78 is 21.2. The Morgan fingerprint density at radius 2 is 1.86 bits per heavy atom. The number of nitrogens with zero attached hydrogens (tertiary/aromatic N) is 2. The van der Waals surface area contributed by atoms with Crippen molar-refractivity contribution in [1.82, 2.24) is 4.98 Å². The van der Waals surface area contributed by atoms with E-state index in [9.17, 15) is 14.4 Å². The lowest BCUT2D eigenvalue weighted by atomic mass is 10.1. The zero-order valence-corrected chi connectivity index (χ0v) is 19.1. The van der Waals surface area contributed by atoms with Crippen LogP contribution in [0.3, 0.4) is 0 Å². The van der Waals surface area contributed by atoms with Crippen LogP contribution in [0.1, 0.15) is 6.42 Å². The Morgan fingerprint density at radius 3 is 2.51 bits per heavy atom. The molecule has 35 heavy (non-hydrogen) atoms. The first-order valence-electron chi connectivity index (χ1n) is 10.8. The minimum Gasteiger partial charge on any atom is -0.496 e. The molecule has 11 heteroatoms. The van der Waals surface area contributed by atoms with E-state index in [1.165, 1.54) is 24.6 Å². The van der Waals surface area contributed by atoms with Crippen molar-refractivity contribution >= 4 is 35.0 Å². The monoisotopic (exact) mass is 480 g/mol. The van der Waals surface area contributed by atoms with Crippen LogP contribution in [0.25, 0.3) is 11.3 Å². The second-order valence-corrected chi connectivity index (χ2v) is 7.67. The zero-order chi connectivity index (χ0) is 24.8. The molecular formula is C24H24N4O7. The van der Waals surface area contributed by atoms with Crippen molar-refractivity contribution in [2.75, 3.05) is 42.9 Å². The summed E-state index contributed by atoms with van der Waals surface area (Å²) in [5, 5.41) is 5.06. The maximum Gasteiger partial charge on any atom is 0.414 e. The van der Waals surface area contributed by atoms with Crippen molar-refractivity contribution in [1.29, 1.82) is 0 Å². The number of nitrogens with one attached hydrogen (secondary N) is 2. The molecule has 0 aliphatic carbocycles. The van der Waals surface area contributed by atoms with Crippen LogP contribution in [0.15, 0.2) is 59.5 Å². The third-order valence-corrected chi connectivity index (χ3v) is 5.28. The molecule has 3 aromatic rings. The number of aromatic nitrogens is 1. The average molecular weight is 480 g/mol. The lowest BCUT2D eigenvalue weighted by molar-refractivity contribution is -0.132. The SMILES string of the molecule is COc1cc(NC(=O)C(=O)Nc2cccc(N(C)C(=O)OC3CCOC3)c2)ccc1-c1cnco1. The van der Waals surface area contributed by atoms with Crippen LogP contribution < -0.4 is 20.3 Å². The molecule has 0 radical (unpaired) electrons. The Hall–Kier alpha value is -4.38. The van der Waals surface area contributed by atoms with Gasteiger partial charge in [-0.25, -0.2) is 9.78 Å². The summed E-state index contributed by atoms with van der Waals surface area (Å²) in [6.45, 7) is 0.934. The Morgan fingerprint density at radius 1 is 1.09 bits per heavy atom. The summed E-state index contributed by atoms with van der Waals surface area (Å²) in [5.74, 6) is -0.817. The third kappa shape index (κ3) is 5.76. The van der Waals surface area contributed by atoms with Crippen molar-refractivity contribution in [3.05, 3.63) is 55.1 Å². The van der Waals surface area contributed by atoms with Gasteiger partial charge >= 0.3 is 17.9 Å². The lowest BCUT2D eigenvalue weighted by Crippen LogP contribution is -2.31. The van der Waals surface area contributed by atoms with E-state index in [0.717, 1.165) is 0 Å². The molecule has 3 amide bonds. The third-order valence-electron chi connectivity index (χ3n) is 5.28. The molecule has 182 valence electrons. The van der Waals surface area contributed by atoms with Gasteiger partial charge in [-0.3, -0.25) is 14.5 Å². The molecule has 1 unspecified atom stereocenters. The molecular weight excluding hydrogens is 456 g/mol. The minimum absolute atomic E-state index is 0.278. The normalized spacial score (nSPS) is 14.7. The fourth-order valence-electron chi connectivity index (χ4n) is 3.42. The van der Waals surface area contributed by atoms with Gasteiger partial charge in [-0.1, -0.05) is 6.07 Å². The molecule has 0 saturated carbocycles. The van der Waals surface area contributed by atoms with Gasteiger partial charge in [-0.15, -0.1) is 0 Å². The van der Waals surface area contributed by atoms with Gasteiger partial charge < -0.3 is 29.3 Å². The highest BCUT2D eigenvalue weighted by atomic mass is 16.6. The van der Waals surface area contributed by atoms with Gasteiger partial charge in [0.15, 0.2) is 12.2 Å². The van der Waals surface area contributed by atoms with Gasteiger partial charge in [-0.05, 0) is 30.3 Å². The van der Waals surface area contributed by atoms with E-state index >= 15 is 0 Å². The number of methoxy groups -OCH3 is 1. The number of benzene rings is 2. The number of carbonyl (C=O) groups is 3. The van der Waals surface area contributed by atoms with Crippen molar-refractivity contribution in [3.8, 4) is 17.1 Å². The van der Waals surface area contributed by atoms with Crippen LogP contribution in [-0.2, 0) is 19.1 Å². The number of hydrogen-bond donors (Lipinski definition) is 2. The van der Waals surface area contributed by atoms with Gasteiger partial charge in [-0.2, -0.15) is 0 Å². The van der Waals surface area contributed by atoms with Crippen molar-refractivity contribution in [2.45, 2.75) is 12.5 Å². The van der Waals surface area contributed by atoms with Gasteiger partial charge in [0.2, 0.25) is 0 Å². The standard InChI is InChI=1S/C24H24N4O7/c1-28(24(31)35-18-8-9-33-13-18)17-5-3-4-15(10-17)26-22(29)23(30)27-16-6-7-19(20(11-16)32-2)21-12-25-14-34-21/h3-7,10-12,14,18H,8-9,13H2,1-2H3,(H,26,29)(H,27,30). The summed E-state index contributed by atoms with van der Waals surface area (Å²) in [6, 6.07) is 11.4. The van der Waals surface area contributed by atoms with Crippen LogP contribution in [-0.4, -0.2) is 56.4 Å². The second-order valence-electron chi connectivity index (χ2n) is 7.67. The Labute approximate surface area is 201 Å². The largest absolute Gasteiger partial charge is 0.496 e. The molecule has 1 fully saturated rings. The highest BCUT2D eigenvalue weighted by molar-refractivity contribution is 6.43. The zero-order valence-electron chi connectivity index (χ0n) is 19.1. The smallest absolute Gasteiger partial charge is 0.414 e. The van der Waals surface area contributed by atoms with Crippen molar-refractivity contribution in [3.63, 3.8) is 0 Å². The summed E-state index contributed by atoms with van der Waals surface area (Å²) in [6.07, 6.45) is 2.68. The van der Waals surface area contributed by atoms with Crippen LogP contribution in [0.2, 0.25) is 0 Å². The molecule has 1 saturated heterocycles. The van der Waals surface area contributed by atoms with E-state index in [1.807, 2.05) is 0 Å². The Balaban J connectivity index is 1.38. The Kier molecular flexibility index (Phi) is 7.27. The molecule has 1 aliphatic heterocycles. The molecule has 1 aromatic heterocycles. The predicted octanol–water partition coefficient (Wildman–Crippen LogP) is 3.29. The van der Waals surface area contributed by atoms with E-state index in [-0.39, 0.29) is 6.10 Å². The van der Waals surface area contributed by atoms with E-state index in [2.05, 4.69) is 15.6 Å². The highest BCUT2D eigenvalue weighted by Gasteiger charge is 2.23. The first-order chi connectivity index (χ1) is 16.9. The second kappa shape index (κ2) is 10.7. The maximum atomic E-state index is 12.5. The fraction of sp³-hybridized carbons (Fsp3) is 0.250. The van der Waals surface area contributed by atoms with Gasteiger partial charge in [0, 0.05) is 36.6 Å². The van der Waals surface area contributed by atoms with E-state index < -0.39 is 17.9 Å². The number of hydrogen-bond acceptors (Lipinski definition) is 8. The summed E-state index contributed by atoms with van der Waals surface area (Å²) in [7, 11) is 3.04. The minimum atomic E-state index is -0.881. The molecule has 0 spiro atoms. The predicted molar refractivity (Wildman–Crippen MR) is 126 cm³/mol. The van der Waals surface area contributed by atoms with Crippen LogP contribution in [0.5, 0.6) is 5.75 Å². The molecule has 2 heterocycles. The molecule has 1 aliphatic rings. The quantitative estimate of drug-likeness (QED) is 0.514. The average Bonchev–Trinajstić information content (AvgIpc) is 3.58. The van der Waals surface area contributed by atoms with Crippen molar-refractivity contribution in [2.24, 2.45) is 0 Å². The lowest BCUT2D eigenvalue weighted by Gasteiger charge is -2.20. The molecule has 0 bridgehead atoms. The van der Waals surface area contributed by atoms with E-state index in [4.69, 9.17) is 18.6 Å². The topological polar surface area (TPSA) is 132 Å². The van der Waals surface area contributed by atoms with Crippen LogP contribution in [0, 0.1) is 0 Å². The Bertz CT molecular complexity index is 1210. The van der Waals surface area contributed by atoms with E-state index in [0.29, 0.717) is 53.8 Å². The number of carbonyl (C=O) groups excluding carboxylic acids is 3. The van der Waals surface area contributed by atoms with E-state index in [1.54, 1.807) is 49.5 Å². The van der Waals surface area contributed by atoms with Crippen LogP contribution in [0.4, 0.5) is 21.9 Å². The van der Waals surface area contributed by atoms with Gasteiger partial charge in [0.1, 0.15) is 11.9 Å².